The Balaban J connectivity index is 3.91. The molecular weight excluding hydrogens is 170 g/mol. The molecule has 0 spiro atoms. The fourth-order valence-corrected chi connectivity index (χ4v) is 1.08. The molecule has 0 aliphatic heterocycles. The summed E-state index contributed by atoms with van der Waals surface area (Å²) < 4.78 is 0. The third-order valence-electron chi connectivity index (χ3n) is 1.83. The summed E-state index contributed by atoms with van der Waals surface area (Å²) in [7, 11) is 1.53. The lowest BCUT2D eigenvalue weighted by molar-refractivity contribution is -0.142. The highest BCUT2D eigenvalue weighted by molar-refractivity contribution is 5.74. The Morgan fingerprint density at radius 2 is 2.23 bits per heavy atom. The molecule has 0 heterocycles. The van der Waals surface area contributed by atoms with Crippen molar-refractivity contribution in [2.75, 3.05) is 7.05 Å². The topological polar surface area (TPSA) is 69.6 Å². The molecule has 0 radical (unpaired) electrons. The van der Waals surface area contributed by atoms with Crippen molar-refractivity contribution < 1.29 is 15.0 Å². The summed E-state index contributed by atoms with van der Waals surface area (Å²) in [5.74, 6) is -1.02. The lowest BCUT2D eigenvalue weighted by Gasteiger charge is -2.17. The first-order valence-electron chi connectivity index (χ1n) is 4.32. The summed E-state index contributed by atoms with van der Waals surface area (Å²) in [5, 5.41) is 20.6. The maximum atomic E-state index is 10.6. The Hall–Kier alpha value is -0.870. The van der Waals surface area contributed by atoms with Crippen molar-refractivity contribution >= 4 is 5.97 Å². The van der Waals surface area contributed by atoms with Gasteiger partial charge >= 0.3 is 5.97 Å². The van der Waals surface area contributed by atoms with Crippen molar-refractivity contribution in [3.63, 3.8) is 0 Å². The molecule has 0 bridgehead atoms. The van der Waals surface area contributed by atoms with Crippen LogP contribution in [-0.4, -0.2) is 35.4 Å². The van der Waals surface area contributed by atoms with E-state index in [-0.39, 0.29) is 0 Å². The molecule has 0 saturated heterocycles. The normalized spacial score (nSPS) is 15.9. The van der Waals surface area contributed by atoms with Crippen LogP contribution in [0.25, 0.3) is 0 Å². The number of hydrogen-bond donors (Lipinski definition) is 3. The Morgan fingerprint density at radius 1 is 1.62 bits per heavy atom. The van der Waals surface area contributed by atoms with Gasteiger partial charge in [0.2, 0.25) is 0 Å². The number of aliphatic hydroxyl groups excluding tert-OH is 1. The maximum Gasteiger partial charge on any atom is 0.323 e. The van der Waals surface area contributed by atoms with Crippen molar-refractivity contribution in [1.82, 2.24) is 5.32 Å². The van der Waals surface area contributed by atoms with Crippen LogP contribution < -0.4 is 5.32 Å². The van der Waals surface area contributed by atoms with Crippen LogP contribution in [0.2, 0.25) is 0 Å². The van der Waals surface area contributed by atoms with E-state index in [0.717, 1.165) is 0 Å². The monoisotopic (exact) mass is 187 g/mol. The summed E-state index contributed by atoms with van der Waals surface area (Å²) in [6.45, 7) is 1.89. The fourth-order valence-electron chi connectivity index (χ4n) is 1.08. The summed E-state index contributed by atoms with van der Waals surface area (Å²) in [6, 6.07) is -0.870. The van der Waals surface area contributed by atoms with Gasteiger partial charge in [0.25, 0.3) is 0 Å². The Bertz CT molecular complexity index is 180. The molecule has 0 aromatic rings. The molecule has 13 heavy (non-hydrogen) atoms. The zero-order valence-electron chi connectivity index (χ0n) is 8.03. The first-order chi connectivity index (χ1) is 6.13. The second-order valence-electron chi connectivity index (χ2n) is 2.82. The maximum absolute atomic E-state index is 10.6. The zero-order valence-corrected chi connectivity index (χ0v) is 8.03. The molecule has 0 fully saturated rings. The summed E-state index contributed by atoms with van der Waals surface area (Å²) in [4.78, 5) is 10.6. The van der Waals surface area contributed by atoms with Crippen molar-refractivity contribution in [1.29, 1.82) is 0 Å². The third kappa shape index (κ3) is 4.65. The van der Waals surface area contributed by atoms with Crippen LogP contribution in [0.3, 0.4) is 0 Å². The van der Waals surface area contributed by atoms with Gasteiger partial charge in [-0.1, -0.05) is 12.2 Å². The van der Waals surface area contributed by atoms with E-state index in [9.17, 15) is 9.90 Å². The van der Waals surface area contributed by atoms with E-state index >= 15 is 0 Å². The SMILES string of the molecule is C/C=C/CCC(O)C(NC)C(=O)O. The lowest BCUT2D eigenvalue weighted by atomic mass is 10.1. The minimum Gasteiger partial charge on any atom is -0.480 e. The molecule has 0 rings (SSSR count). The summed E-state index contributed by atoms with van der Waals surface area (Å²) >= 11 is 0. The highest BCUT2D eigenvalue weighted by Gasteiger charge is 2.23. The largest absolute Gasteiger partial charge is 0.480 e. The van der Waals surface area contributed by atoms with Gasteiger partial charge in [-0.15, -0.1) is 0 Å². The summed E-state index contributed by atoms with van der Waals surface area (Å²) in [6.07, 6.45) is 4.10. The Morgan fingerprint density at radius 3 is 2.62 bits per heavy atom. The van der Waals surface area contributed by atoms with E-state index in [2.05, 4.69) is 5.32 Å². The average Bonchev–Trinajstić information content (AvgIpc) is 2.05. The lowest BCUT2D eigenvalue weighted by Crippen LogP contribution is -2.44. The van der Waals surface area contributed by atoms with E-state index in [4.69, 9.17) is 5.11 Å². The predicted octanol–water partition coefficient (Wildman–Crippen LogP) is 0.376. The molecule has 4 heteroatoms. The number of hydrogen-bond acceptors (Lipinski definition) is 3. The highest BCUT2D eigenvalue weighted by atomic mass is 16.4. The van der Waals surface area contributed by atoms with E-state index in [1.165, 1.54) is 7.05 Å². The van der Waals surface area contributed by atoms with E-state index in [0.29, 0.717) is 12.8 Å². The van der Waals surface area contributed by atoms with Crippen LogP contribution in [0.1, 0.15) is 19.8 Å². The molecule has 0 saturated carbocycles. The van der Waals surface area contributed by atoms with Gasteiger partial charge < -0.3 is 15.5 Å². The van der Waals surface area contributed by atoms with Gasteiger partial charge in [0.05, 0.1) is 6.10 Å². The number of aliphatic hydroxyl groups is 1. The number of carbonyl (C=O) groups is 1. The number of rotatable bonds is 6. The van der Waals surface area contributed by atoms with E-state index in [1.54, 1.807) is 0 Å². The number of carboxylic acid groups (broad SMARTS) is 1. The smallest absolute Gasteiger partial charge is 0.323 e. The van der Waals surface area contributed by atoms with Gasteiger partial charge in [0.1, 0.15) is 6.04 Å². The number of nitrogens with one attached hydrogen (secondary N) is 1. The van der Waals surface area contributed by atoms with Crippen molar-refractivity contribution in [3.8, 4) is 0 Å². The first kappa shape index (κ1) is 12.1. The van der Waals surface area contributed by atoms with Crippen LogP contribution >= 0.6 is 0 Å². The van der Waals surface area contributed by atoms with Gasteiger partial charge in [0, 0.05) is 0 Å². The number of allylic oxidation sites excluding steroid dienone is 2. The van der Waals surface area contributed by atoms with Crippen molar-refractivity contribution in [2.45, 2.75) is 31.9 Å². The minimum absolute atomic E-state index is 0.460. The molecule has 0 aromatic heterocycles. The minimum atomic E-state index is -1.02. The second kappa shape index (κ2) is 6.62. The third-order valence-corrected chi connectivity index (χ3v) is 1.83. The predicted molar refractivity (Wildman–Crippen MR) is 50.5 cm³/mol. The van der Waals surface area contributed by atoms with Gasteiger partial charge in [-0.05, 0) is 26.8 Å². The Kier molecular flexibility index (Phi) is 6.18. The molecule has 2 unspecified atom stereocenters. The van der Waals surface area contributed by atoms with Gasteiger partial charge in [0.15, 0.2) is 0 Å². The number of likely N-dealkylation sites (N-methyl/N-ethyl adjacent to an activating group) is 1. The van der Waals surface area contributed by atoms with Crippen molar-refractivity contribution in [2.24, 2.45) is 0 Å². The Labute approximate surface area is 78.3 Å². The molecular formula is C9H17NO3. The van der Waals surface area contributed by atoms with Crippen LogP contribution in [0.5, 0.6) is 0 Å². The molecule has 3 N–H and O–H groups in total. The summed E-state index contributed by atoms with van der Waals surface area (Å²) in [5.41, 5.74) is 0. The number of aliphatic carboxylic acids is 1. The van der Waals surface area contributed by atoms with Crippen LogP contribution in [0.4, 0.5) is 0 Å². The molecule has 0 aromatic carbocycles. The molecule has 0 aliphatic carbocycles. The van der Waals surface area contributed by atoms with Crippen LogP contribution in [0.15, 0.2) is 12.2 Å². The zero-order chi connectivity index (χ0) is 10.3. The first-order valence-corrected chi connectivity index (χ1v) is 4.32. The molecule has 0 amide bonds. The molecule has 76 valence electrons. The average molecular weight is 187 g/mol. The van der Waals surface area contributed by atoms with E-state index in [1.807, 2.05) is 19.1 Å². The molecule has 4 nitrogen and oxygen atoms in total. The standard InChI is InChI=1S/C9H17NO3/c1-3-4-5-6-7(11)8(10-2)9(12)13/h3-4,7-8,10-11H,5-6H2,1-2H3,(H,12,13)/b4-3+. The van der Waals surface area contributed by atoms with E-state index < -0.39 is 18.1 Å². The number of carboxylic acids is 1. The highest BCUT2D eigenvalue weighted by Crippen LogP contribution is 2.03. The molecule has 2 atom stereocenters. The van der Waals surface area contributed by atoms with Gasteiger partial charge in [-0.25, -0.2) is 0 Å². The molecule has 0 aliphatic rings. The van der Waals surface area contributed by atoms with Gasteiger partial charge in [-0.3, -0.25) is 4.79 Å². The van der Waals surface area contributed by atoms with Gasteiger partial charge in [-0.2, -0.15) is 0 Å². The van der Waals surface area contributed by atoms with Crippen LogP contribution in [-0.2, 0) is 4.79 Å². The fraction of sp³-hybridized carbons (Fsp3) is 0.667. The quantitative estimate of drug-likeness (QED) is 0.526. The van der Waals surface area contributed by atoms with Crippen molar-refractivity contribution in [3.05, 3.63) is 12.2 Å². The van der Waals surface area contributed by atoms with Crippen LogP contribution in [0, 0.1) is 0 Å². The second-order valence-corrected chi connectivity index (χ2v) is 2.82.